The SMILES string of the molecule is CCC(CC)C1CC(=O)C(C2=NCCCC2)C(=O)C1. The molecular weight excluding hydrogens is 238 g/mol. The second-order valence-electron chi connectivity index (χ2n) is 5.94. The normalized spacial score (nSPS) is 28.7. The molecule has 0 spiro atoms. The molecule has 0 aromatic rings. The van der Waals surface area contributed by atoms with Gasteiger partial charge in [0.05, 0.1) is 0 Å². The van der Waals surface area contributed by atoms with Gasteiger partial charge in [0.25, 0.3) is 0 Å². The van der Waals surface area contributed by atoms with Gasteiger partial charge < -0.3 is 0 Å². The molecule has 1 heterocycles. The predicted molar refractivity (Wildman–Crippen MR) is 76.5 cm³/mol. The summed E-state index contributed by atoms with van der Waals surface area (Å²) in [5, 5.41) is 0. The van der Waals surface area contributed by atoms with Gasteiger partial charge in [-0.2, -0.15) is 0 Å². The van der Waals surface area contributed by atoms with Crippen LogP contribution in [0.25, 0.3) is 0 Å². The molecule has 1 aliphatic carbocycles. The number of Topliss-reactive ketones (excluding diaryl/α,β-unsaturated/α-hetero) is 2. The molecule has 2 aliphatic rings. The minimum Gasteiger partial charge on any atom is -0.298 e. The van der Waals surface area contributed by atoms with Crippen molar-refractivity contribution in [3.63, 3.8) is 0 Å². The fourth-order valence-corrected chi connectivity index (χ4v) is 3.62. The van der Waals surface area contributed by atoms with Crippen LogP contribution in [0.4, 0.5) is 0 Å². The Bertz CT molecular complexity index is 364. The Balaban J connectivity index is 2.09. The second-order valence-corrected chi connectivity index (χ2v) is 5.94. The highest BCUT2D eigenvalue weighted by molar-refractivity contribution is 6.22. The lowest BCUT2D eigenvalue weighted by atomic mass is 9.71. The molecule has 0 radical (unpaired) electrons. The molecule has 0 bridgehead atoms. The van der Waals surface area contributed by atoms with Crippen LogP contribution in [0.5, 0.6) is 0 Å². The number of rotatable bonds is 4. The minimum atomic E-state index is -0.481. The summed E-state index contributed by atoms with van der Waals surface area (Å²) in [7, 11) is 0. The van der Waals surface area contributed by atoms with Crippen molar-refractivity contribution in [2.75, 3.05) is 6.54 Å². The number of hydrogen-bond acceptors (Lipinski definition) is 3. The lowest BCUT2D eigenvalue weighted by Crippen LogP contribution is -2.41. The molecule has 0 saturated heterocycles. The van der Waals surface area contributed by atoms with E-state index < -0.39 is 5.92 Å². The average molecular weight is 263 g/mol. The first-order valence-corrected chi connectivity index (χ1v) is 7.76. The van der Waals surface area contributed by atoms with Gasteiger partial charge in [-0.25, -0.2) is 0 Å². The third kappa shape index (κ3) is 3.13. The zero-order chi connectivity index (χ0) is 13.8. The van der Waals surface area contributed by atoms with E-state index in [0.29, 0.717) is 18.8 Å². The molecule has 1 aliphatic heterocycles. The number of aliphatic imine (C=N–C) groups is 1. The van der Waals surface area contributed by atoms with Crippen LogP contribution in [0.2, 0.25) is 0 Å². The highest BCUT2D eigenvalue weighted by atomic mass is 16.2. The van der Waals surface area contributed by atoms with Crippen molar-refractivity contribution in [3.05, 3.63) is 0 Å². The quantitative estimate of drug-likeness (QED) is 0.731. The smallest absolute Gasteiger partial charge is 0.149 e. The lowest BCUT2D eigenvalue weighted by Gasteiger charge is -2.32. The van der Waals surface area contributed by atoms with Crippen LogP contribution in [0, 0.1) is 17.8 Å². The maximum atomic E-state index is 12.3. The minimum absolute atomic E-state index is 0.133. The van der Waals surface area contributed by atoms with Gasteiger partial charge in [-0.05, 0) is 31.1 Å². The van der Waals surface area contributed by atoms with Gasteiger partial charge in [0.2, 0.25) is 0 Å². The van der Waals surface area contributed by atoms with Crippen molar-refractivity contribution in [2.24, 2.45) is 22.7 Å². The largest absolute Gasteiger partial charge is 0.298 e. The van der Waals surface area contributed by atoms with Gasteiger partial charge in [-0.15, -0.1) is 0 Å². The molecule has 0 atom stereocenters. The van der Waals surface area contributed by atoms with Gasteiger partial charge in [0, 0.05) is 25.1 Å². The molecule has 0 aromatic carbocycles. The van der Waals surface area contributed by atoms with E-state index in [-0.39, 0.29) is 17.5 Å². The Morgan fingerprint density at radius 3 is 2.21 bits per heavy atom. The summed E-state index contributed by atoms with van der Waals surface area (Å²) in [4.78, 5) is 29.1. The van der Waals surface area contributed by atoms with Crippen molar-refractivity contribution in [3.8, 4) is 0 Å². The van der Waals surface area contributed by atoms with Crippen LogP contribution in [0.15, 0.2) is 4.99 Å². The van der Waals surface area contributed by atoms with Gasteiger partial charge in [-0.3, -0.25) is 14.6 Å². The summed E-state index contributed by atoms with van der Waals surface area (Å²) in [5.74, 6) is 0.575. The molecule has 1 fully saturated rings. The van der Waals surface area contributed by atoms with Gasteiger partial charge in [0.1, 0.15) is 17.5 Å². The second kappa shape index (κ2) is 6.44. The van der Waals surface area contributed by atoms with E-state index in [2.05, 4.69) is 18.8 Å². The number of carbonyl (C=O) groups excluding carboxylic acids is 2. The van der Waals surface area contributed by atoms with E-state index in [9.17, 15) is 9.59 Å². The molecule has 1 saturated carbocycles. The van der Waals surface area contributed by atoms with Crippen molar-refractivity contribution >= 4 is 17.3 Å². The summed E-state index contributed by atoms with van der Waals surface area (Å²) in [5.41, 5.74) is 0.879. The molecule has 2 rings (SSSR count). The monoisotopic (exact) mass is 263 g/mol. The fourth-order valence-electron chi connectivity index (χ4n) is 3.62. The first-order valence-electron chi connectivity index (χ1n) is 7.76. The summed E-state index contributed by atoms with van der Waals surface area (Å²) in [6.45, 7) is 5.10. The maximum Gasteiger partial charge on any atom is 0.149 e. The summed E-state index contributed by atoms with van der Waals surface area (Å²) in [6, 6.07) is 0. The highest BCUT2D eigenvalue weighted by Gasteiger charge is 2.40. The maximum absolute atomic E-state index is 12.3. The third-order valence-electron chi connectivity index (χ3n) is 4.78. The Labute approximate surface area is 115 Å². The van der Waals surface area contributed by atoms with Gasteiger partial charge >= 0.3 is 0 Å². The van der Waals surface area contributed by atoms with Crippen molar-refractivity contribution in [2.45, 2.75) is 58.8 Å². The zero-order valence-corrected chi connectivity index (χ0v) is 12.2. The Morgan fingerprint density at radius 2 is 1.74 bits per heavy atom. The van der Waals surface area contributed by atoms with Crippen LogP contribution < -0.4 is 0 Å². The number of nitrogens with zero attached hydrogens (tertiary/aromatic N) is 1. The molecule has 3 heteroatoms. The average Bonchev–Trinajstić information content (AvgIpc) is 2.40. The molecule has 0 amide bonds. The first-order chi connectivity index (χ1) is 9.17. The molecule has 19 heavy (non-hydrogen) atoms. The molecule has 0 N–H and O–H groups in total. The van der Waals surface area contributed by atoms with Crippen molar-refractivity contribution < 1.29 is 9.59 Å². The van der Waals surface area contributed by atoms with E-state index in [0.717, 1.165) is 44.4 Å². The lowest BCUT2D eigenvalue weighted by molar-refractivity contribution is -0.135. The predicted octanol–water partition coefficient (Wildman–Crippen LogP) is 3.21. The standard InChI is InChI=1S/C16H25NO2/c1-3-11(4-2)12-9-14(18)16(15(19)10-12)13-7-5-6-8-17-13/h11-12,16H,3-10H2,1-2H3. The Kier molecular flexibility index (Phi) is 4.89. The molecule has 3 nitrogen and oxygen atoms in total. The number of carbonyl (C=O) groups is 2. The first kappa shape index (κ1) is 14.4. The Morgan fingerprint density at radius 1 is 1.11 bits per heavy atom. The molecule has 0 unspecified atom stereocenters. The van der Waals surface area contributed by atoms with E-state index in [1.807, 2.05) is 0 Å². The van der Waals surface area contributed by atoms with Gasteiger partial charge in [0.15, 0.2) is 0 Å². The number of ketones is 2. The molecule has 106 valence electrons. The Hall–Kier alpha value is -0.990. The third-order valence-corrected chi connectivity index (χ3v) is 4.78. The van der Waals surface area contributed by atoms with Crippen LogP contribution in [-0.4, -0.2) is 23.8 Å². The van der Waals surface area contributed by atoms with E-state index in [1.165, 1.54) is 0 Å². The van der Waals surface area contributed by atoms with Gasteiger partial charge in [-0.1, -0.05) is 26.7 Å². The zero-order valence-electron chi connectivity index (χ0n) is 12.2. The highest BCUT2D eigenvalue weighted by Crippen LogP contribution is 2.34. The van der Waals surface area contributed by atoms with E-state index in [1.54, 1.807) is 0 Å². The molecular formula is C16H25NO2. The van der Waals surface area contributed by atoms with E-state index in [4.69, 9.17) is 0 Å². The summed E-state index contributed by atoms with van der Waals surface area (Å²) < 4.78 is 0. The summed E-state index contributed by atoms with van der Waals surface area (Å²) in [6.07, 6.45) is 6.31. The van der Waals surface area contributed by atoms with Crippen molar-refractivity contribution in [1.29, 1.82) is 0 Å². The fraction of sp³-hybridized carbons (Fsp3) is 0.812. The van der Waals surface area contributed by atoms with E-state index >= 15 is 0 Å². The summed E-state index contributed by atoms with van der Waals surface area (Å²) >= 11 is 0. The number of hydrogen-bond donors (Lipinski definition) is 0. The topological polar surface area (TPSA) is 46.5 Å². The van der Waals surface area contributed by atoms with Crippen molar-refractivity contribution in [1.82, 2.24) is 0 Å². The van der Waals surface area contributed by atoms with Crippen LogP contribution in [-0.2, 0) is 9.59 Å². The molecule has 0 aromatic heterocycles. The van der Waals surface area contributed by atoms with Crippen LogP contribution in [0.3, 0.4) is 0 Å². The van der Waals surface area contributed by atoms with Crippen LogP contribution >= 0.6 is 0 Å². The van der Waals surface area contributed by atoms with Crippen LogP contribution in [0.1, 0.15) is 58.8 Å².